The fourth-order valence-corrected chi connectivity index (χ4v) is 2.61. The molecule has 3 aromatic carbocycles. The third-order valence-electron chi connectivity index (χ3n) is 4.15. The maximum absolute atomic E-state index is 13.3. The van der Waals surface area contributed by atoms with Gasteiger partial charge in [0.1, 0.15) is 5.75 Å². The third kappa shape index (κ3) is 3.60. The van der Waals surface area contributed by atoms with E-state index in [-0.39, 0.29) is 11.6 Å². The van der Waals surface area contributed by atoms with E-state index in [2.05, 4.69) is 5.32 Å². The Labute approximate surface area is 144 Å². The number of rotatable bonds is 4. The van der Waals surface area contributed by atoms with E-state index in [1.54, 1.807) is 14.0 Å². The van der Waals surface area contributed by atoms with Crippen molar-refractivity contribution in [3.63, 3.8) is 0 Å². The van der Waals surface area contributed by atoms with E-state index in [1.807, 2.05) is 36.4 Å². The lowest BCUT2D eigenvalue weighted by atomic mass is 9.97. The molecule has 1 atom stereocenters. The number of nitrogens with one attached hydrogen (secondary N) is 1. The van der Waals surface area contributed by atoms with Crippen LogP contribution in [0, 0.1) is 11.6 Å². The van der Waals surface area contributed by atoms with Gasteiger partial charge in [-0.05, 0) is 47.5 Å². The molecule has 5 heteroatoms. The van der Waals surface area contributed by atoms with Crippen LogP contribution in [0.15, 0.2) is 54.6 Å². The van der Waals surface area contributed by atoms with E-state index in [0.717, 1.165) is 34.2 Å². The summed E-state index contributed by atoms with van der Waals surface area (Å²) in [6, 6.07) is 14.7. The molecule has 0 aromatic heterocycles. The summed E-state index contributed by atoms with van der Waals surface area (Å²) in [5.41, 5.74) is 1.05. The van der Waals surface area contributed by atoms with Gasteiger partial charge in [-0.25, -0.2) is 8.78 Å². The lowest BCUT2D eigenvalue weighted by Gasteiger charge is -2.14. The first-order valence-electron chi connectivity index (χ1n) is 7.81. The zero-order valence-electron chi connectivity index (χ0n) is 13.8. The number of carbonyl (C=O) groups excluding carboxylic acids is 1. The molecule has 0 aliphatic carbocycles. The van der Waals surface area contributed by atoms with Crippen molar-refractivity contribution < 1.29 is 18.3 Å². The Morgan fingerprint density at radius 3 is 2.40 bits per heavy atom. The highest BCUT2D eigenvalue weighted by Gasteiger charge is 2.16. The van der Waals surface area contributed by atoms with Crippen LogP contribution in [0.1, 0.15) is 18.4 Å². The number of amides is 1. The summed E-state index contributed by atoms with van der Waals surface area (Å²) >= 11 is 0. The molecule has 0 fully saturated rings. The van der Waals surface area contributed by atoms with Crippen molar-refractivity contribution in [2.24, 2.45) is 0 Å². The Balaban J connectivity index is 1.81. The summed E-state index contributed by atoms with van der Waals surface area (Å²) in [6.45, 7) is 1.76. The molecule has 0 bridgehead atoms. The summed E-state index contributed by atoms with van der Waals surface area (Å²) in [6.07, 6.45) is 0. The standard InChI is InChI=1S/C20H17F2NO2/c1-12(20(24)23-16-6-8-18(21)19(22)11-16)13-3-4-15-10-17(25-2)7-5-14(15)9-13/h3-12H,1-2H3,(H,23,24). The van der Waals surface area contributed by atoms with Crippen LogP contribution >= 0.6 is 0 Å². The number of ether oxygens (including phenoxy) is 1. The molecular formula is C20H17F2NO2. The topological polar surface area (TPSA) is 38.3 Å². The number of carbonyl (C=O) groups is 1. The minimum atomic E-state index is -0.995. The minimum absolute atomic E-state index is 0.223. The SMILES string of the molecule is COc1ccc2cc(C(C)C(=O)Nc3ccc(F)c(F)c3)ccc2c1. The Morgan fingerprint density at radius 1 is 0.960 bits per heavy atom. The highest BCUT2D eigenvalue weighted by molar-refractivity contribution is 5.96. The number of anilines is 1. The first-order chi connectivity index (χ1) is 12.0. The van der Waals surface area contributed by atoms with E-state index in [9.17, 15) is 13.6 Å². The summed E-state index contributed by atoms with van der Waals surface area (Å²) in [5.74, 6) is -1.91. The molecule has 128 valence electrons. The van der Waals surface area contributed by atoms with E-state index >= 15 is 0 Å². The normalized spacial score (nSPS) is 12.0. The van der Waals surface area contributed by atoms with Crippen LogP contribution in [0.2, 0.25) is 0 Å². The van der Waals surface area contributed by atoms with Crippen LogP contribution in [0.3, 0.4) is 0 Å². The summed E-state index contributed by atoms with van der Waals surface area (Å²) in [4.78, 5) is 12.4. The van der Waals surface area contributed by atoms with Gasteiger partial charge in [-0.3, -0.25) is 4.79 Å². The van der Waals surface area contributed by atoms with Gasteiger partial charge in [0.15, 0.2) is 11.6 Å². The van der Waals surface area contributed by atoms with Gasteiger partial charge < -0.3 is 10.1 Å². The third-order valence-corrected chi connectivity index (χ3v) is 4.15. The molecular weight excluding hydrogens is 324 g/mol. The first-order valence-corrected chi connectivity index (χ1v) is 7.81. The van der Waals surface area contributed by atoms with Crippen molar-refractivity contribution in [2.45, 2.75) is 12.8 Å². The van der Waals surface area contributed by atoms with Crippen LogP contribution in [-0.4, -0.2) is 13.0 Å². The second-order valence-corrected chi connectivity index (χ2v) is 5.81. The van der Waals surface area contributed by atoms with Crippen molar-refractivity contribution >= 4 is 22.4 Å². The van der Waals surface area contributed by atoms with Gasteiger partial charge in [0, 0.05) is 11.8 Å². The smallest absolute Gasteiger partial charge is 0.231 e. The molecule has 1 unspecified atom stereocenters. The molecule has 0 radical (unpaired) electrons. The van der Waals surface area contributed by atoms with E-state index in [1.165, 1.54) is 6.07 Å². The van der Waals surface area contributed by atoms with Crippen molar-refractivity contribution in [3.05, 3.63) is 71.8 Å². The maximum Gasteiger partial charge on any atom is 0.231 e. The quantitative estimate of drug-likeness (QED) is 0.735. The number of benzene rings is 3. The fraction of sp³-hybridized carbons (Fsp3) is 0.150. The predicted octanol–water partition coefficient (Wildman–Crippen LogP) is 4.87. The number of hydrogen-bond acceptors (Lipinski definition) is 2. The molecule has 3 rings (SSSR count). The number of hydrogen-bond donors (Lipinski definition) is 1. The molecule has 0 saturated carbocycles. The van der Waals surface area contributed by atoms with Crippen molar-refractivity contribution in [3.8, 4) is 5.75 Å². The van der Waals surface area contributed by atoms with Crippen molar-refractivity contribution in [2.75, 3.05) is 12.4 Å². The molecule has 1 amide bonds. The van der Waals surface area contributed by atoms with Crippen molar-refractivity contribution in [1.82, 2.24) is 0 Å². The van der Waals surface area contributed by atoms with Gasteiger partial charge in [0.2, 0.25) is 5.91 Å². The zero-order chi connectivity index (χ0) is 18.0. The fourth-order valence-electron chi connectivity index (χ4n) is 2.61. The summed E-state index contributed by atoms with van der Waals surface area (Å²) < 4.78 is 31.4. The van der Waals surface area contributed by atoms with Gasteiger partial charge in [-0.1, -0.05) is 24.3 Å². The molecule has 0 aliphatic heterocycles. The molecule has 0 heterocycles. The van der Waals surface area contributed by atoms with Gasteiger partial charge in [-0.2, -0.15) is 0 Å². The zero-order valence-corrected chi connectivity index (χ0v) is 13.8. The molecule has 1 N–H and O–H groups in total. The van der Waals surface area contributed by atoms with Gasteiger partial charge in [-0.15, -0.1) is 0 Å². The molecule has 3 aromatic rings. The Hall–Kier alpha value is -2.95. The van der Waals surface area contributed by atoms with E-state index < -0.39 is 17.6 Å². The predicted molar refractivity (Wildman–Crippen MR) is 93.9 cm³/mol. The Morgan fingerprint density at radius 2 is 1.68 bits per heavy atom. The Kier molecular flexibility index (Phi) is 4.65. The Bertz CT molecular complexity index is 940. The second-order valence-electron chi connectivity index (χ2n) is 5.81. The minimum Gasteiger partial charge on any atom is -0.497 e. The lowest BCUT2D eigenvalue weighted by Crippen LogP contribution is -2.19. The first kappa shape index (κ1) is 16.9. The van der Waals surface area contributed by atoms with Gasteiger partial charge in [0.25, 0.3) is 0 Å². The van der Waals surface area contributed by atoms with E-state index in [0.29, 0.717) is 0 Å². The van der Waals surface area contributed by atoms with Crippen LogP contribution in [0.5, 0.6) is 5.75 Å². The summed E-state index contributed by atoms with van der Waals surface area (Å²) in [5, 5.41) is 4.61. The van der Waals surface area contributed by atoms with Gasteiger partial charge >= 0.3 is 0 Å². The number of methoxy groups -OCH3 is 1. The van der Waals surface area contributed by atoms with Crippen LogP contribution in [0.4, 0.5) is 14.5 Å². The van der Waals surface area contributed by atoms with Crippen LogP contribution in [-0.2, 0) is 4.79 Å². The van der Waals surface area contributed by atoms with Crippen LogP contribution in [0.25, 0.3) is 10.8 Å². The highest BCUT2D eigenvalue weighted by atomic mass is 19.2. The summed E-state index contributed by atoms with van der Waals surface area (Å²) in [7, 11) is 1.61. The maximum atomic E-state index is 13.3. The average molecular weight is 341 g/mol. The highest BCUT2D eigenvalue weighted by Crippen LogP contribution is 2.26. The second kappa shape index (κ2) is 6.89. The average Bonchev–Trinajstić information content (AvgIpc) is 2.63. The number of halogens is 2. The molecule has 0 aliphatic rings. The van der Waals surface area contributed by atoms with E-state index in [4.69, 9.17) is 4.74 Å². The van der Waals surface area contributed by atoms with Crippen LogP contribution < -0.4 is 10.1 Å². The van der Waals surface area contributed by atoms with Crippen molar-refractivity contribution in [1.29, 1.82) is 0 Å². The largest absolute Gasteiger partial charge is 0.497 e. The van der Waals surface area contributed by atoms with Gasteiger partial charge in [0.05, 0.1) is 13.0 Å². The molecule has 25 heavy (non-hydrogen) atoms. The molecule has 0 spiro atoms. The molecule has 3 nitrogen and oxygen atoms in total. The lowest BCUT2D eigenvalue weighted by molar-refractivity contribution is -0.117. The number of fused-ring (bicyclic) bond motifs is 1. The molecule has 0 saturated heterocycles. The monoisotopic (exact) mass is 341 g/mol.